The molecule has 7 nitrogen and oxygen atoms in total. The Morgan fingerprint density at radius 2 is 1.62 bits per heavy atom. The van der Waals surface area contributed by atoms with Crippen LogP contribution in [0.2, 0.25) is 0 Å². The Morgan fingerprint density at radius 1 is 0.923 bits per heavy atom. The molecule has 3 rings (SSSR count). The highest BCUT2D eigenvalue weighted by molar-refractivity contribution is 7.92. The van der Waals surface area contributed by atoms with Crippen molar-refractivity contribution in [2.24, 2.45) is 0 Å². The van der Waals surface area contributed by atoms with Gasteiger partial charge in [0, 0.05) is 29.4 Å². The molecule has 0 fully saturated rings. The second-order valence-corrected chi connectivity index (χ2v) is 7.06. The highest BCUT2D eigenvalue weighted by atomic mass is 32.2. The van der Waals surface area contributed by atoms with Gasteiger partial charge >= 0.3 is 0 Å². The van der Waals surface area contributed by atoms with Crippen LogP contribution in [0.5, 0.6) is 17.2 Å². The molecule has 0 aliphatic heterocycles. The largest absolute Gasteiger partial charge is 0.493 e. The minimum absolute atomic E-state index is 0.00159. The van der Waals surface area contributed by atoms with Crippen molar-refractivity contribution in [3.63, 3.8) is 0 Å². The number of pyridine rings is 1. The molecule has 0 bridgehead atoms. The van der Waals surface area contributed by atoms with E-state index >= 15 is 0 Å². The van der Waals surface area contributed by atoms with Crippen molar-refractivity contribution >= 4 is 26.6 Å². The van der Waals surface area contributed by atoms with E-state index in [4.69, 9.17) is 14.2 Å². The molecule has 0 saturated carbocycles. The van der Waals surface area contributed by atoms with Gasteiger partial charge in [-0.05, 0) is 24.3 Å². The number of fused-ring (bicyclic) bond motifs is 1. The molecule has 2 aromatic carbocycles. The average molecular weight is 374 g/mol. The maximum absolute atomic E-state index is 12.8. The first kappa shape index (κ1) is 17.8. The molecule has 0 aliphatic rings. The number of benzene rings is 2. The second-order valence-electron chi connectivity index (χ2n) is 5.38. The van der Waals surface area contributed by atoms with Gasteiger partial charge < -0.3 is 14.2 Å². The van der Waals surface area contributed by atoms with Gasteiger partial charge in [-0.25, -0.2) is 8.42 Å². The summed E-state index contributed by atoms with van der Waals surface area (Å²) >= 11 is 0. The minimum atomic E-state index is -3.86. The monoisotopic (exact) mass is 374 g/mol. The van der Waals surface area contributed by atoms with Crippen molar-refractivity contribution in [2.75, 3.05) is 26.1 Å². The van der Waals surface area contributed by atoms with E-state index in [1.165, 1.54) is 33.5 Å². The third kappa shape index (κ3) is 3.36. The van der Waals surface area contributed by atoms with E-state index in [-0.39, 0.29) is 16.4 Å². The normalized spacial score (nSPS) is 11.2. The summed E-state index contributed by atoms with van der Waals surface area (Å²) in [6.07, 6.45) is 1.68. The summed E-state index contributed by atoms with van der Waals surface area (Å²) in [5.41, 5.74) is 1.21. The number of nitrogens with zero attached hydrogens (tertiary/aromatic N) is 1. The van der Waals surface area contributed by atoms with Gasteiger partial charge in [-0.3, -0.25) is 9.71 Å². The summed E-state index contributed by atoms with van der Waals surface area (Å²) in [4.78, 5) is 4.22. The van der Waals surface area contributed by atoms with Crippen LogP contribution in [0.4, 0.5) is 5.69 Å². The highest BCUT2D eigenvalue weighted by Gasteiger charge is 2.21. The lowest BCUT2D eigenvalue weighted by atomic mass is 10.2. The van der Waals surface area contributed by atoms with E-state index in [1.807, 2.05) is 6.07 Å². The van der Waals surface area contributed by atoms with Crippen LogP contribution >= 0.6 is 0 Å². The van der Waals surface area contributed by atoms with Crippen LogP contribution < -0.4 is 18.9 Å². The predicted molar refractivity (Wildman–Crippen MR) is 98.6 cm³/mol. The van der Waals surface area contributed by atoms with Gasteiger partial charge in [0.05, 0.1) is 31.7 Å². The zero-order chi connectivity index (χ0) is 18.7. The molecule has 1 aromatic heterocycles. The molecule has 3 aromatic rings. The lowest BCUT2D eigenvalue weighted by Crippen LogP contribution is -2.13. The van der Waals surface area contributed by atoms with Crippen molar-refractivity contribution in [2.45, 2.75) is 4.90 Å². The number of methoxy groups -OCH3 is 3. The van der Waals surface area contributed by atoms with Crippen molar-refractivity contribution in [1.82, 2.24) is 4.98 Å². The highest BCUT2D eigenvalue weighted by Crippen LogP contribution is 2.39. The smallest absolute Gasteiger partial charge is 0.262 e. The molecule has 1 N–H and O–H groups in total. The summed E-state index contributed by atoms with van der Waals surface area (Å²) in [7, 11) is 0.452. The fourth-order valence-corrected chi connectivity index (χ4v) is 3.64. The summed E-state index contributed by atoms with van der Waals surface area (Å²) in [5.74, 6) is 0.843. The fourth-order valence-electron chi connectivity index (χ4n) is 2.57. The maximum Gasteiger partial charge on any atom is 0.262 e. The van der Waals surface area contributed by atoms with Crippen LogP contribution in [0.1, 0.15) is 0 Å². The third-order valence-electron chi connectivity index (χ3n) is 3.80. The second kappa shape index (κ2) is 7.09. The Morgan fingerprint density at radius 3 is 2.23 bits per heavy atom. The average Bonchev–Trinajstić information content (AvgIpc) is 2.66. The van der Waals surface area contributed by atoms with Crippen LogP contribution in [0, 0.1) is 0 Å². The summed E-state index contributed by atoms with van der Waals surface area (Å²) in [5, 5.41) is 0.831. The van der Waals surface area contributed by atoms with Crippen molar-refractivity contribution in [3.05, 3.63) is 48.7 Å². The molecule has 0 saturated heterocycles. The third-order valence-corrected chi connectivity index (χ3v) is 5.16. The van der Waals surface area contributed by atoms with Gasteiger partial charge in [0.15, 0.2) is 11.5 Å². The van der Waals surface area contributed by atoms with Crippen molar-refractivity contribution in [3.8, 4) is 17.2 Å². The van der Waals surface area contributed by atoms with E-state index < -0.39 is 10.0 Å². The number of aromatic nitrogens is 1. The Bertz CT molecular complexity index is 1030. The topological polar surface area (TPSA) is 86.8 Å². The molecule has 0 amide bonds. The summed E-state index contributed by atoms with van der Waals surface area (Å²) in [6.45, 7) is 0. The maximum atomic E-state index is 12.8. The Labute approximate surface area is 151 Å². The molecule has 0 unspecified atom stereocenters. The van der Waals surface area contributed by atoms with Gasteiger partial charge in [-0.15, -0.1) is 0 Å². The Balaban J connectivity index is 2.01. The number of hydrogen-bond donors (Lipinski definition) is 1. The SMILES string of the molecule is COc1cc(S(=O)(=O)Nc2ccc3ncccc3c2)cc(OC)c1OC. The van der Waals surface area contributed by atoms with Gasteiger partial charge in [0.2, 0.25) is 5.75 Å². The number of nitrogens with one attached hydrogen (secondary N) is 1. The van der Waals surface area contributed by atoms with Crippen LogP contribution in [-0.2, 0) is 10.0 Å². The zero-order valence-electron chi connectivity index (χ0n) is 14.5. The Hall–Kier alpha value is -3.00. The minimum Gasteiger partial charge on any atom is -0.493 e. The Kier molecular flexibility index (Phi) is 4.85. The first-order valence-electron chi connectivity index (χ1n) is 7.66. The molecule has 26 heavy (non-hydrogen) atoms. The standard InChI is InChI=1S/C18H18N2O5S/c1-23-16-10-14(11-17(24-2)18(16)25-3)26(21,22)20-13-6-7-15-12(9-13)5-4-8-19-15/h4-11,20H,1-3H3. The van der Waals surface area contributed by atoms with Crippen molar-refractivity contribution < 1.29 is 22.6 Å². The quantitative estimate of drug-likeness (QED) is 0.714. The first-order valence-corrected chi connectivity index (χ1v) is 9.14. The number of ether oxygens (including phenoxy) is 3. The van der Waals surface area contributed by atoms with Gasteiger partial charge in [0.1, 0.15) is 0 Å². The van der Waals surface area contributed by atoms with E-state index in [1.54, 1.807) is 30.5 Å². The van der Waals surface area contributed by atoms with E-state index in [0.29, 0.717) is 11.4 Å². The lowest BCUT2D eigenvalue weighted by Gasteiger charge is -2.15. The molecule has 0 atom stereocenters. The zero-order valence-corrected chi connectivity index (χ0v) is 15.3. The molecular formula is C18H18N2O5S. The van der Waals surface area contributed by atoms with Crippen LogP contribution in [0.25, 0.3) is 10.9 Å². The molecule has 0 spiro atoms. The molecule has 136 valence electrons. The number of anilines is 1. The predicted octanol–water partition coefficient (Wildman–Crippen LogP) is 3.06. The van der Waals surface area contributed by atoms with Crippen LogP contribution in [0.3, 0.4) is 0 Å². The molecule has 0 radical (unpaired) electrons. The summed E-state index contributed by atoms with van der Waals surface area (Å²) in [6, 6.07) is 11.5. The number of rotatable bonds is 6. The molecular weight excluding hydrogens is 356 g/mol. The van der Waals surface area contributed by atoms with Crippen LogP contribution in [0.15, 0.2) is 53.6 Å². The van der Waals surface area contributed by atoms with Crippen LogP contribution in [-0.4, -0.2) is 34.7 Å². The molecule has 8 heteroatoms. The summed E-state index contributed by atoms with van der Waals surface area (Å²) < 4.78 is 43.8. The molecule has 0 aliphatic carbocycles. The van der Waals surface area contributed by atoms with E-state index in [9.17, 15) is 8.42 Å². The first-order chi connectivity index (χ1) is 12.5. The van der Waals surface area contributed by atoms with Crippen molar-refractivity contribution in [1.29, 1.82) is 0 Å². The number of sulfonamides is 1. The fraction of sp³-hybridized carbons (Fsp3) is 0.167. The van der Waals surface area contributed by atoms with E-state index in [2.05, 4.69) is 9.71 Å². The van der Waals surface area contributed by atoms with Gasteiger partial charge in [0.25, 0.3) is 10.0 Å². The van der Waals surface area contributed by atoms with Gasteiger partial charge in [-0.2, -0.15) is 0 Å². The lowest BCUT2D eigenvalue weighted by molar-refractivity contribution is 0.323. The van der Waals surface area contributed by atoms with E-state index in [0.717, 1.165) is 10.9 Å². The molecule has 1 heterocycles. The van der Waals surface area contributed by atoms with Gasteiger partial charge in [-0.1, -0.05) is 6.07 Å². The number of hydrogen-bond acceptors (Lipinski definition) is 6.